The minimum atomic E-state index is 0.465. The lowest BCUT2D eigenvalue weighted by molar-refractivity contribution is 0.119. The third-order valence-electron chi connectivity index (χ3n) is 9.04. The average molecular weight is 631 g/mol. The first kappa shape index (κ1) is 30.6. The number of phenolic OH excluding ortho intramolecular Hbond substituents is 1. The van der Waals surface area contributed by atoms with Crippen molar-refractivity contribution in [1.82, 2.24) is 19.6 Å². The van der Waals surface area contributed by atoms with Gasteiger partial charge in [-0.3, -0.25) is 19.6 Å². The third-order valence-corrected chi connectivity index (χ3v) is 12.0. The highest BCUT2D eigenvalue weighted by Gasteiger charge is 2.23. The van der Waals surface area contributed by atoms with E-state index in [9.17, 15) is 5.11 Å². The van der Waals surface area contributed by atoms with E-state index in [4.69, 9.17) is 12.2 Å². The zero-order chi connectivity index (χ0) is 29.8. The Kier molecular flexibility index (Phi) is 10.0. The molecule has 0 aliphatic carbocycles. The highest BCUT2D eigenvalue weighted by Crippen LogP contribution is 2.36. The number of hydrogen-bond donors (Lipinski definition) is 1. The summed E-state index contributed by atoms with van der Waals surface area (Å²) in [5.41, 5.74) is 8.80. The maximum atomic E-state index is 11.6. The molecule has 1 aromatic heterocycles. The van der Waals surface area contributed by atoms with E-state index in [1.54, 1.807) is 20.7 Å². The number of piperazine rings is 2. The van der Waals surface area contributed by atoms with Gasteiger partial charge in [0.15, 0.2) is 0 Å². The topological polar surface area (TPSA) is 33.2 Å². The summed E-state index contributed by atoms with van der Waals surface area (Å²) in [6.07, 6.45) is 0. The summed E-state index contributed by atoms with van der Waals surface area (Å²) in [7, 11) is 3.39. The van der Waals surface area contributed by atoms with E-state index in [0.29, 0.717) is 5.75 Å². The molecule has 2 saturated heterocycles. The number of aryl methyl sites for hydroxylation is 2. The SMILES string of the molecule is Cc1ccccc1CN1CCN(Cc2cc(-c3cc(=S)ss3)cc(CN3CCN(Cc4ccccc4C)CC3)c2O)CC1. The van der Waals surface area contributed by atoms with Crippen LogP contribution in [0.4, 0.5) is 0 Å². The van der Waals surface area contributed by atoms with Crippen LogP contribution in [-0.2, 0) is 26.2 Å². The van der Waals surface area contributed by atoms with Gasteiger partial charge in [-0.2, -0.15) is 0 Å². The van der Waals surface area contributed by atoms with Crippen LogP contribution in [0.15, 0.2) is 66.7 Å². The Morgan fingerprint density at radius 1 is 0.581 bits per heavy atom. The molecule has 6 rings (SSSR count). The molecule has 226 valence electrons. The van der Waals surface area contributed by atoms with E-state index in [1.165, 1.54) is 32.7 Å². The van der Waals surface area contributed by atoms with E-state index >= 15 is 0 Å². The normalized spacial score (nSPS) is 17.4. The molecule has 2 fully saturated rings. The quantitative estimate of drug-likeness (QED) is 0.156. The van der Waals surface area contributed by atoms with Crippen molar-refractivity contribution in [2.24, 2.45) is 0 Å². The molecule has 4 aromatic rings. The summed E-state index contributed by atoms with van der Waals surface area (Å²) in [5.74, 6) is 0.465. The van der Waals surface area contributed by atoms with Crippen LogP contribution in [0, 0.1) is 17.7 Å². The maximum absolute atomic E-state index is 11.6. The summed E-state index contributed by atoms with van der Waals surface area (Å²) >= 11 is 5.47. The first-order chi connectivity index (χ1) is 20.9. The fraction of sp³-hybridized carbons (Fsp3) is 0.400. The van der Waals surface area contributed by atoms with Crippen molar-refractivity contribution in [1.29, 1.82) is 0 Å². The van der Waals surface area contributed by atoms with E-state index in [1.807, 2.05) is 0 Å². The molecule has 3 heterocycles. The monoisotopic (exact) mass is 630 g/mol. The van der Waals surface area contributed by atoms with Crippen molar-refractivity contribution in [2.45, 2.75) is 40.0 Å². The number of hydrogen-bond acceptors (Lipinski definition) is 8. The van der Waals surface area contributed by atoms with Crippen molar-refractivity contribution in [2.75, 3.05) is 52.4 Å². The fourth-order valence-electron chi connectivity index (χ4n) is 6.27. The van der Waals surface area contributed by atoms with Crippen LogP contribution in [0.3, 0.4) is 0 Å². The van der Waals surface area contributed by atoms with Gasteiger partial charge in [-0.15, -0.1) is 0 Å². The van der Waals surface area contributed by atoms with Gasteiger partial charge in [0.05, 0.1) is 0 Å². The number of benzene rings is 3. The second kappa shape index (κ2) is 14.1. The number of nitrogens with zero attached hydrogens (tertiary/aromatic N) is 4. The van der Waals surface area contributed by atoms with Gasteiger partial charge < -0.3 is 5.11 Å². The molecule has 0 radical (unpaired) electrons. The summed E-state index contributed by atoms with van der Waals surface area (Å²) in [6, 6.07) is 23.9. The average Bonchev–Trinajstić information content (AvgIpc) is 3.45. The van der Waals surface area contributed by atoms with Gasteiger partial charge >= 0.3 is 0 Å². The third kappa shape index (κ3) is 7.81. The molecule has 2 aliphatic rings. The van der Waals surface area contributed by atoms with Gasteiger partial charge in [-0.05, 0) is 59.9 Å². The Hall–Kier alpha value is -2.43. The largest absolute Gasteiger partial charge is 0.507 e. The lowest BCUT2D eigenvalue weighted by Gasteiger charge is -2.36. The van der Waals surface area contributed by atoms with Crippen molar-refractivity contribution in [3.8, 4) is 16.2 Å². The van der Waals surface area contributed by atoms with Crippen LogP contribution < -0.4 is 0 Å². The van der Waals surface area contributed by atoms with Gasteiger partial charge in [0.1, 0.15) is 9.57 Å². The van der Waals surface area contributed by atoms with Gasteiger partial charge in [-0.25, -0.2) is 0 Å². The molecule has 0 spiro atoms. The van der Waals surface area contributed by atoms with Crippen molar-refractivity contribution >= 4 is 32.9 Å². The molecule has 43 heavy (non-hydrogen) atoms. The molecule has 0 saturated carbocycles. The lowest BCUT2D eigenvalue weighted by Crippen LogP contribution is -2.45. The Balaban J connectivity index is 1.12. The van der Waals surface area contributed by atoms with Crippen molar-refractivity contribution in [3.05, 3.63) is 104 Å². The zero-order valence-electron chi connectivity index (χ0n) is 25.3. The Bertz CT molecular complexity index is 1490. The molecule has 0 bridgehead atoms. The number of rotatable bonds is 9. The molecule has 2 aliphatic heterocycles. The van der Waals surface area contributed by atoms with Crippen molar-refractivity contribution in [3.63, 3.8) is 0 Å². The summed E-state index contributed by atoms with van der Waals surface area (Å²) in [5, 5.41) is 11.6. The second-order valence-electron chi connectivity index (χ2n) is 12.1. The minimum Gasteiger partial charge on any atom is -0.507 e. The molecular weight excluding hydrogens is 589 g/mol. The second-order valence-corrected chi connectivity index (χ2v) is 15.0. The van der Waals surface area contributed by atoms with Crippen molar-refractivity contribution < 1.29 is 5.11 Å². The molecule has 8 heteroatoms. The predicted octanol–water partition coefficient (Wildman–Crippen LogP) is 7.16. The minimum absolute atomic E-state index is 0.465. The molecule has 0 unspecified atom stereocenters. The van der Waals surface area contributed by atoms with Crippen LogP contribution in [0.25, 0.3) is 10.4 Å². The molecule has 0 atom stereocenters. The summed E-state index contributed by atoms with van der Waals surface area (Å²) in [4.78, 5) is 11.3. The van der Waals surface area contributed by atoms with Crippen LogP contribution in [0.2, 0.25) is 0 Å². The number of aromatic hydroxyl groups is 1. The van der Waals surface area contributed by atoms with Crippen LogP contribution >= 0.6 is 32.9 Å². The summed E-state index contributed by atoms with van der Waals surface area (Å²) < 4.78 is 0.922. The highest BCUT2D eigenvalue weighted by atomic mass is 32.9. The van der Waals surface area contributed by atoms with E-state index in [2.05, 4.69) is 100 Å². The van der Waals surface area contributed by atoms with Crippen LogP contribution in [-0.4, -0.2) is 77.1 Å². The van der Waals surface area contributed by atoms with Gasteiger partial charge in [0.25, 0.3) is 0 Å². The van der Waals surface area contributed by atoms with Gasteiger partial charge in [0, 0.05) is 94.5 Å². The molecule has 3 aromatic carbocycles. The van der Waals surface area contributed by atoms with E-state index in [-0.39, 0.29) is 0 Å². The number of phenols is 1. The first-order valence-electron chi connectivity index (χ1n) is 15.3. The molecule has 1 N–H and O–H groups in total. The maximum Gasteiger partial charge on any atom is 0.124 e. The highest BCUT2D eigenvalue weighted by molar-refractivity contribution is 7.80. The zero-order valence-corrected chi connectivity index (χ0v) is 27.7. The van der Waals surface area contributed by atoms with Crippen LogP contribution in [0.5, 0.6) is 5.75 Å². The Labute approximate surface area is 269 Å². The predicted molar refractivity (Wildman–Crippen MR) is 184 cm³/mol. The smallest absolute Gasteiger partial charge is 0.124 e. The lowest BCUT2D eigenvalue weighted by atomic mass is 10.0. The van der Waals surface area contributed by atoms with E-state index < -0.39 is 0 Å². The van der Waals surface area contributed by atoms with Gasteiger partial charge in [0.2, 0.25) is 0 Å². The Morgan fingerprint density at radius 3 is 1.35 bits per heavy atom. The van der Waals surface area contributed by atoms with Crippen LogP contribution in [0.1, 0.15) is 33.4 Å². The molecule has 0 amide bonds. The standard InChI is InChI=1S/C35H42N4OS3/c1-26-7-3-5-9-28(26)22-36-11-15-38(16-12-36)24-31-19-30(33-21-34(41)43-42-33)20-32(35(31)40)25-39-17-13-37(14-18-39)23-29-10-6-4-8-27(29)2/h3-10,19-21,40H,11-18,22-25H2,1-2H3. The Morgan fingerprint density at radius 2 is 0.977 bits per heavy atom. The fourth-order valence-corrected chi connectivity index (χ4v) is 8.65. The van der Waals surface area contributed by atoms with E-state index in [0.717, 1.165) is 93.5 Å². The summed E-state index contributed by atoms with van der Waals surface area (Å²) in [6.45, 7) is 16.1. The molecular formula is C35H42N4OS3. The van der Waals surface area contributed by atoms with Gasteiger partial charge in [-0.1, -0.05) is 81.4 Å². The molecule has 5 nitrogen and oxygen atoms in total. The first-order valence-corrected chi connectivity index (χ1v) is 17.9.